The highest BCUT2D eigenvalue weighted by atomic mass is 16.5. The van der Waals surface area contributed by atoms with Crippen molar-refractivity contribution in [2.75, 3.05) is 39.9 Å². The second-order valence-electron chi connectivity index (χ2n) is 4.31. The van der Waals surface area contributed by atoms with Crippen molar-refractivity contribution in [2.45, 2.75) is 12.8 Å². The van der Waals surface area contributed by atoms with E-state index in [0.29, 0.717) is 13.2 Å². The molecule has 1 aliphatic carbocycles. The summed E-state index contributed by atoms with van der Waals surface area (Å²) in [6.45, 7) is 1.79. The number of likely N-dealkylation sites (N-methyl/N-ethyl adjacent to an activating group) is 1. The Bertz CT molecular complexity index is 267. The number of amides is 2. The van der Waals surface area contributed by atoms with Crippen molar-refractivity contribution in [2.24, 2.45) is 11.7 Å². The van der Waals surface area contributed by atoms with Crippen LogP contribution >= 0.6 is 0 Å². The Hall–Kier alpha value is -1.14. The second kappa shape index (κ2) is 7.24. The third-order valence-electron chi connectivity index (χ3n) is 2.67. The predicted molar refractivity (Wildman–Crippen MR) is 63.2 cm³/mol. The van der Waals surface area contributed by atoms with Crippen LogP contribution in [0.5, 0.6) is 0 Å². The fourth-order valence-corrected chi connectivity index (χ4v) is 1.24. The first kappa shape index (κ1) is 13.9. The summed E-state index contributed by atoms with van der Waals surface area (Å²) in [5, 5.41) is 2.44. The van der Waals surface area contributed by atoms with Gasteiger partial charge in [-0.1, -0.05) is 0 Å². The van der Waals surface area contributed by atoms with Crippen molar-refractivity contribution >= 4 is 11.8 Å². The molecule has 0 aliphatic heterocycles. The van der Waals surface area contributed by atoms with E-state index in [1.807, 2.05) is 0 Å². The lowest BCUT2D eigenvalue weighted by Gasteiger charge is -2.17. The minimum absolute atomic E-state index is 0.00480. The van der Waals surface area contributed by atoms with Crippen LogP contribution in [0.1, 0.15) is 12.8 Å². The molecule has 98 valence electrons. The molecule has 0 bridgehead atoms. The summed E-state index contributed by atoms with van der Waals surface area (Å²) >= 11 is 0. The molecular formula is C11H21N3O3. The lowest BCUT2D eigenvalue weighted by atomic mass is 10.4. The maximum absolute atomic E-state index is 11.5. The van der Waals surface area contributed by atoms with E-state index in [-0.39, 0.29) is 24.9 Å². The Morgan fingerprint density at radius 3 is 2.76 bits per heavy atom. The summed E-state index contributed by atoms with van der Waals surface area (Å²) in [6.07, 6.45) is 2.53. The summed E-state index contributed by atoms with van der Waals surface area (Å²) in [4.78, 5) is 23.9. The minimum atomic E-state index is -0.322. The molecule has 0 atom stereocenters. The third-order valence-corrected chi connectivity index (χ3v) is 2.67. The van der Waals surface area contributed by atoms with Gasteiger partial charge in [-0.25, -0.2) is 0 Å². The largest absolute Gasteiger partial charge is 0.379 e. The van der Waals surface area contributed by atoms with Crippen LogP contribution in [0, 0.1) is 5.92 Å². The molecule has 3 N–H and O–H groups in total. The number of nitrogens with zero attached hydrogens (tertiary/aromatic N) is 1. The van der Waals surface area contributed by atoms with Crippen LogP contribution in [-0.4, -0.2) is 56.6 Å². The van der Waals surface area contributed by atoms with E-state index >= 15 is 0 Å². The van der Waals surface area contributed by atoms with Gasteiger partial charge in [-0.2, -0.15) is 0 Å². The van der Waals surface area contributed by atoms with Gasteiger partial charge in [0.1, 0.15) is 0 Å². The molecule has 0 spiro atoms. The molecule has 0 saturated heterocycles. The molecule has 0 radical (unpaired) electrons. The zero-order valence-corrected chi connectivity index (χ0v) is 10.3. The molecule has 6 nitrogen and oxygen atoms in total. The number of hydrogen-bond donors (Lipinski definition) is 2. The van der Waals surface area contributed by atoms with Crippen molar-refractivity contribution in [3.63, 3.8) is 0 Å². The Morgan fingerprint density at radius 2 is 2.18 bits per heavy atom. The maximum atomic E-state index is 11.5. The molecule has 2 amide bonds. The van der Waals surface area contributed by atoms with Crippen molar-refractivity contribution in [1.82, 2.24) is 10.2 Å². The molecule has 0 aromatic rings. The Balaban J connectivity index is 2.01. The van der Waals surface area contributed by atoms with Crippen LogP contribution in [0.4, 0.5) is 0 Å². The summed E-state index contributed by atoms with van der Waals surface area (Å²) < 4.78 is 5.42. The summed E-state index contributed by atoms with van der Waals surface area (Å²) in [5.74, 6) is 0.276. The van der Waals surface area contributed by atoms with Gasteiger partial charge in [-0.05, 0) is 18.8 Å². The van der Waals surface area contributed by atoms with Gasteiger partial charge in [0.15, 0.2) is 0 Å². The van der Waals surface area contributed by atoms with Crippen molar-refractivity contribution in [3.8, 4) is 0 Å². The topological polar surface area (TPSA) is 84.7 Å². The van der Waals surface area contributed by atoms with Crippen LogP contribution in [0.2, 0.25) is 0 Å². The number of rotatable bonds is 8. The molecular weight excluding hydrogens is 222 g/mol. The van der Waals surface area contributed by atoms with Gasteiger partial charge >= 0.3 is 0 Å². The SMILES string of the molecule is CN(CCOCC1CC1)C(=O)CNC(=O)CN. The smallest absolute Gasteiger partial charge is 0.241 e. The number of nitrogens with two attached hydrogens (primary N) is 1. The Morgan fingerprint density at radius 1 is 1.47 bits per heavy atom. The fourth-order valence-electron chi connectivity index (χ4n) is 1.24. The summed E-state index contributed by atoms with van der Waals surface area (Å²) in [5.41, 5.74) is 5.11. The van der Waals surface area contributed by atoms with Gasteiger partial charge in [0.05, 0.1) is 19.7 Å². The maximum Gasteiger partial charge on any atom is 0.241 e. The molecule has 1 aliphatic rings. The summed E-state index contributed by atoms with van der Waals surface area (Å²) in [7, 11) is 1.69. The monoisotopic (exact) mass is 243 g/mol. The second-order valence-corrected chi connectivity index (χ2v) is 4.31. The summed E-state index contributed by atoms with van der Waals surface area (Å²) in [6, 6.07) is 0. The van der Waals surface area contributed by atoms with Crippen LogP contribution in [0.3, 0.4) is 0 Å². The van der Waals surface area contributed by atoms with E-state index < -0.39 is 0 Å². The average molecular weight is 243 g/mol. The Labute approximate surface area is 101 Å². The number of hydrogen-bond acceptors (Lipinski definition) is 4. The molecule has 6 heteroatoms. The zero-order valence-electron chi connectivity index (χ0n) is 10.3. The predicted octanol–water partition coefficient (Wildman–Crippen LogP) is -1.05. The lowest BCUT2D eigenvalue weighted by molar-refractivity contribution is -0.132. The van der Waals surface area contributed by atoms with Gasteiger partial charge in [0.2, 0.25) is 11.8 Å². The van der Waals surface area contributed by atoms with Gasteiger partial charge in [-0.15, -0.1) is 0 Å². The van der Waals surface area contributed by atoms with E-state index in [4.69, 9.17) is 10.5 Å². The first-order valence-corrected chi connectivity index (χ1v) is 5.92. The van der Waals surface area contributed by atoms with Crippen LogP contribution in [0.25, 0.3) is 0 Å². The molecule has 1 rings (SSSR count). The molecule has 17 heavy (non-hydrogen) atoms. The third kappa shape index (κ3) is 6.23. The van der Waals surface area contributed by atoms with Crippen LogP contribution in [0.15, 0.2) is 0 Å². The zero-order chi connectivity index (χ0) is 12.7. The highest BCUT2D eigenvalue weighted by molar-refractivity contribution is 5.85. The normalized spacial score (nSPS) is 14.5. The number of ether oxygens (including phenoxy) is 1. The van der Waals surface area contributed by atoms with Crippen LogP contribution in [-0.2, 0) is 14.3 Å². The number of nitrogens with one attached hydrogen (secondary N) is 1. The molecule has 1 saturated carbocycles. The van der Waals surface area contributed by atoms with Gasteiger partial charge in [-0.3, -0.25) is 9.59 Å². The van der Waals surface area contributed by atoms with Crippen LogP contribution < -0.4 is 11.1 Å². The molecule has 0 aromatic carbocycles. The first-order valence-electron chi connectivity index (χ1n) is 5.92. The molecule has 0 heterocycles. The molecule has 0 aromatic heterocycles. The molecule has 1 fully saturated rings. The standard InChI is InChI=1S/C11H21N3O3/c1-14(4-5-17-8-9-2-3-9)11(16)7-13-10(15)6-12/h9H,2-8,12H2,1H3,(H,13,15). The highest BCUT2D eigenvalue weighted by Gasteiger charge is 2.21. The van der Waals surface area contributed by atoms with Gasteiger partial charge in [0.25, 0.3) is 0 Å². The highest BCUT2D eigenvalue weighted by Crippen LogP contribution is 2.28. The minimum Gasteiger partial charge on any atom is -0.379 e. The van der Waals surface area contributed by atoms with E-state index in [1.165, 1.54) is 12.8 Å². The van der Waals surface area contributed by atoms with Gasteiger partial charge in [0, 0.05) is 20.2 Å². The number of carbonyl (C=O) groups is 2. The lowest BCUT2D eigenvalue weighted by Crippen LogP contribution is -2.41. The van der Waals surface area contributed by atoms with Gasteiger partial charge < -0.3 is 20.7 Å². The van der Waals surface area contributed by atoms with E-state index in [1.54, 1.807) is 11.9 Å². The van der Waals surface area contributed by atoms with E-state index in [0.717, 1.165) is 12.5 Å². The Kier molecular flexibility index (Phi) is 5.93. The van der Waals surface area contributed by atoms with Crippen molar-refractivity contribution in [1.29, 1.82) is 0 Å². The fraction of sp³-hybridized carbons (Fsp3) is 0.818. The van der Waals surface area contributed by atoms with Crippen molar-refractivity contribution in [3.05, 3.63) is 0 Å². The van der Waals surface area contributed by atoms with E-state index in [9.17, 15) is 9.59 Å². The van der Waals surface area contributed by atoms with E-state index in [2.05, 4.69) is 5.32 Å². The first-order chi connectivity index (χ1) is 8.13. The quantitative estimate of drug-likeness (QED) is 0.533. The number of carbonyl (C=O) groups excluding carboxylic acids is 2. The van der Waals surface area contributed by atoms with Crippen molar-refractivity contribution < 1.29 is 14.3 Å². The average Bonchev–Trinajstić information content (AvgIpc) is 3.14. The molecule has 0 unspecified atom stereocenters.